The topological polar surface area (TPSA) is 43.4 Å². The van der Waals surface area contributed by atoms with Gasteiger partial charge in [0.2, 0.25) is 11.9 Å². The van der Waals surface area contributed by atoms with Gasteiger partial charge < -0.3 is 4.74 Å². The molecule has 0 saturated carbocycles. The SMILES string of the molecule is O=C1c2ccccc2OC1C(=O)C(F)(F)F. The van der Waals surface area contributed by atoms with Crippen molar-refractivity contribution >= 4 is 11.6 Å². The Morgan fingerprint density at radius 2 is 1.88 bits per heavy atom. The normalized spacial score (nSPS) is 19.2. The van der Waals surface area contributed by atoms with Crippen LogP contribution in [0.5, 0.6) is 5.75 Å². The highest BCUT2D eigenvalue weighted by Gasteiger charge is 2.50. The van der Waals surface area contributed by atoms with Crippen molar-refractivity contribution in [2.24, 2.45) is 0 Å². The van der Waals surface area contributed by atoms with Gasteiger partial charge in [0.1, 0.15) is 5.75 Å². The number of para-hydroxylation sites is 1. The summed E-state index contributed by atoms with van der Waals surface area (Å²) in [5.41, 5.74) is 0.00472. The number of halogens is 3. The standard InChI is InChI=1S/C10H5F3O3/c11-10(12,13)9(15)8-7(14)5-3-1-2-4-6(5)16-8/h1-4,8H. The van der Waals surface area contributed by atoms with Gasteiger partial charge in [0.25, 0.3) is 5.78 Å². The molecule has 1 heterocycles. The van der Waals surface area contributed by atoms with E-state index >= 15 is 0 Å². The molecule has 0 aliphatic carbocycles. The third-order valence-corrected chi connectivity index (χ3v) is 2.15. The summed E-state index contributed by atoms with van der Waals surface area (Å²) in [6.07, 6.45) is -7.15. The molecule has 84 valence electrons. The third kappa shape index (κ3) is 1.56. The summed E-state index contributed by atoms with van der Waals surface area (Å²) in [7, 11) is 0. The van der Waals surface area contributed by atoms with E-state index in [4.69, 9.17) is 0 Å². The average molecular weight is 230 g/mol. The number of hydrogen-bond acceptors (Lipinski definition) is 3. The number of alkyl halides is 3. The number of carbonyl (C=O) groups is 2. The fourth-order valence-corrected chi connectivity index (χ4v) is 1.42. The predicted molar refractivity (Wildman–Crippen MR) is 46.3 cm³/mol. The van der Waals surface area contributed by atoms with Crippen LogP contribution < -0.4 is 4.74 Å². The van der Waals surface area contributed by atoms with Gasteiger partial charge in [-0.25, -0.2) is 0 Å². The second-order valence-electron chi connectivity index (χ2n) is 3.22. The Morgan fingerprint density at radius 1 is 1.25 bits per heavy atom. The molecule has 0 aromatic heterocycles. The Labute approximate surface area is 87.8 Å². The molecule has 3 nitrogen and oxygen atoms in total. The van der Waals surface area contributed by atoms with Crippen LogP contribution in [0.4, 0.5) is 13.2 Å². The molecule has 1 atom stereocenters. The van der Waals surface area contributed by atoms with Crippen molar-refractivity contribution in [3.8, 4) is 5.75 Å². The lowest BCUT2D eigenvalue weighted by atomic mass is 10.1. The second kappa shape index (κ2) is 3.33. The van der Waals surface area contributed by atoms with E-state index in [2.05, 4.69) is 4.74 Å². The Kier molecular flexibility index (Phi) is 2.22. The molecule has 16 heavy (non-hydrogen) atoms. The van der Waals surface area contributed by atoms with E-state index in [0.717, 1.165) is 0 Å². The molecule has 2 rings (SSSR count). The molecule has 0 amide bonds. The van der Waals surface area contributed by atoms with Crippen LogP contribution in [0.1, 0.15) is 10.4 Å². The van der Waals surface area contributed by atoms with E-state index in [1.165, 1.54) is 24.3 Å². The molecule has 0 N–H and O–H groups in total. The molecule has 1 aliphatic heterocycles. The van der Waals surface area contributed by atoms with E-state index in [-0.39, 0.29) is 11.3 Å². The number of benzene rings is 1. The average Bonchev–Trinajstić information content (AvgIpc) is 2.54. The van der Waals surface area contributed by atoms with Gasteiger partial charge in [-0.2, -0.15) is 13.2 Å². The fourth-order valence-electron chi connectivity index (χ4n) is 1.42. The maximum atomic E-state index is 12.1. The first-order valence-electron chi connectivity index (χ1n) is 4.32. The Hall–Kier alpha value is -1.85. The first kappa shape index (κ1) is 10.7. The summed E-state index contributed by atoms with van der Waals surface area (Å²) < 4.78 is 41.0. The second-order valence-corrected chi connectivity index (χ2v) is 3.22. The zero-order valence-corrected chi connectivity index (χ0v) is 7.75. The smallest absolute Gasteiger partial charge is 0.454 e. The van der Waals surface area contributed by atoms with Crippen molar-refractivity contribution in [3.63, 3.8) is 0 Å². The molecule has 0 bridgehead atoms. The molecule has 1 unspecified atom stereocenters. The van der Waals surface area contributed by atoms with Crippen LogP contribution in [0.15, 0.2) is 24.3 Å². The summed E-state index contributed by atoms with van der Waals surface area (Å²) in [5, 5.41) is 0. The molecule has 0 spiro atoms. The number of hydrogen-bond donors (Lipinski definition) is 0. The van der Waals surface area contributed by atoms with Gasteiger partial charge in [-0.15, -0.1) is 0 Å². The number of fused-ring (bicyclic) bond motifs is 1. The van der Waals surface area contributed by atoms with Crippen LogP contribution in [0, 0.1) is 0 Å². The van der Waals surface area contributed by atoms with Crippen molar-refractivity contribution in [3.05, 3.63) is 29.8 Å². The van der Waals surface area contributed by atoms with Gasteiger partial charge in [0.05, 0.1) is 5.56 Å². The zero-order chi connectivity index (χ0) is 11.9. The van der Waals surface area contributed by atoms with Crippen molar-refractivity contribution in [2.45, 2.75) is 12.3 Å². The summed E-state index contributed by atoms with van der Waals surface area (Å²) in [6, 6.07) is 5.66. The van der Waals surface area contributed by atoms with E-state index in [0.29, 0.717) is 0 Å². The minimum Gasteiger partial charge on any atom is -0.473 e. The highest BCUT2D eigenvalue weighted by atomic mass is 19.4. The van der Waals surface area contributed by atoms with Gasteiger partial charge in [-0.05, 0) is 12.1 Å². The van der Waals surface area contributed by atoms with Gasteiger partial charge in [0.15, 0.2) is 0 Å². The number of Topliss-reactive ketones (excluding diaryl/α,β-unsaturated/α-hetero) is 2. The molecule has 0 radical (unpaired) electrons. The zero-order valence-electron chi connectivity index (χ0n) is 7.75. The molecule has 1 aromatic rings. The third-order valence-electron chi connectivity index (χ3n) is 2.15. The Morgan fingerprint density at radius 3 is 2.44 bits per heavy atom. The van der Waals surface area contributed by atoms with Crippen molar-refractivity contribution in [1.82, 2.24) is 0 Å². The van der Waals surface area contributed by atoms with Crippen LogP contribution in [-0.2, 0) is 4.79 Å². The number of carbonyl (C=O) groups excluding carboxylic acids is 2. The summed E-state index contributed by atoms with van der Waals surface area (Å²) in [5.74, 6) is -3.11. The monoisotopic (exact) mass is 230 g/mol. The van der Waals surface area contributed by atoms with E-state index < -0.39 is 23.8 Å². The molecule has 1 aliphatic rings. The van der Waals surface area contributed by atoms with Crippen LogP contribution in [0.25, 0.3) is 0 Å². The van der Waals surface area contributed by atoms with Gasteiger partial charge in [0, 0.05) is 0 Å². The van der Waals surface area contributed by atoms with Gasteiger partial charge in [-0.1, -0.05) is 12.1 Å². The summed E-state index contributed by atoms with van der Waals surface area (Å²) >= 11 is 0. The lowest BCUT2D eigenvalue weighted by Gasteiger charge is -2.10. The van der Waals surface area contributed by atoms with Crippen LogP contribution in [0.2, 0.25) is 0 Å². The van der Waals surface area contributed by atoms with Gasteiger partial charge in [-0.3, -0.25) is 9.59 Å². The highest BCUT2D eigenvalue weighted by Crippen LogP contribution is 2.31. The quantitative estimate of drug-likeness (QED) is 0.690. The minimum atomic E-state index is -5.07. The van der Waals surface area contributed by atoms with E-state index in [9.17, 15) is 22.8 Å². The van der Waals surface area contributed by atoms with Crippen molar-refractivity contribution < 1.29 is 27.5 Å². The Bertz CT molecular complexity index is 465. The Balaban J connectivity index is 2.33. The summed E-state index contributed by atoms with van der Waals surface area (Å²) in [6.45, 7) is 0. The van der Waals surface area contributed by atoms with Crippen LogP contribution in [-0.4, -0.2) is 23.8 Å². The fraction of sp³-hybridized carbons (Fsp3) is 0.200. The molecular weight excluding hydrogens is 225 g/mol. The van der Waals surface area contributed by atoms with Crippen LogP contribution >= 0.6 is 0 Å². The molecule has 6 heteroatoms. The largest absolute Gasteiger partial charge is 0.473 e. The number of rotatable bonds is 1. The first-order chi connectivity index (χ1) is 7.41. The number of ketones is 2. The van der Waals surface area contributed by atoms with E-state index in [1.807, 2.05) is 0 Å². The summed E-state index contributed by atoms with van der Waals surface area (Å²) in [4.78, 5) is 22.3. The highest BCUT2D eigenvalue weighted by molar-refractivity contribution is 6.18. The predicted octanol–water partition coefficient (Wildman–Crippen LogP) is 1.76. The molecule has 1 aromatic carbocycles. The van der Waals surface area contributed by atoms with Gasteiger partial charge >= 0.3 is 6.18 Å². The molecule has 0 saturated heterocycles. The minimum absolute atomic E-state index is 0.00472. The first-order valence-corrected chi connectivity index (χ1v) is 4.32. The maximum absolute atomic E-state index is 12.1. The van der Waals surface area contributed by atoms with Crippen molar-refractivity contribution in [1.29, 1.82) is 0 Å². The number of ether oxygens (including phenoxy) is 1. The lowest BCUT2D eigenvalue weighted by Crippen LogP contribution is -2.40. The van der Waals surface area contributed by atoms with Crippen LogP contribution in [0.3, 0.4) is 0 Å². The molecule has 0 fully saturated rings. The van der Waals surface area contributed by atoms with E-state index in [1.54, 1.807) is 0 Å². The maximum Gasteiger partial charge on any atom is 0.454 e. The van der Waals surface area contributed by atoms with Crippen molar-refractivity contribution in [2.75, 3.05) is 0 Å². The molecular formula is C10H5F3O3. The lowest BCUT2D eigenvalue weighted by molar-refractivity contribution is -0.175.